The van der Waals surface area contributed by atoms with Gasteiger partial charge in [-0.1, -0.05) is 221 Å². The first-order valence-electron chi connectivity index (χ1n) is 28.7. The number of allylic oxidation sites excluding steroid dienone is 16. The summed E-state index contributed by atoms with van der Waals surface area (Å²) in [5.74, 6) is -1.18. The van der Waals surface area contributed by atoms with Crippen molar-refractivity contribution in [1.29, 1.82) is 0 Å². The Hall–Kier alpha value is -3.60. The van der Waals surface area contributed by atoms with Gasteiger partial charge in [0.25, 0.3) is 7.82 Å². The van der Waals surface area contributed by atoms with Crippen LogP contribution >= 0.6 is 7.82 Å². The maximum Gasteiger partial charge on any atom is 0.306 e. The molecule has 0 heterocycles. The number of amides is 1. The Kier molecular flexibility index (Phi) is 56.5. The van der Waals surface area contributed by atoms with Gasteiger partial charge in [-0.2, -0.15) is 0 Å². The number of hydrogen-bond acceptors (Lipinski definition) is 9. The van der Waals surface area contributed by atoms with E-state index in [4.69, 9.17) is 18.5 Å². The molecule has 12 heteroatoms. The summed E-state index contributed by atoms with van der Waals surface area (Å²) in [5.41, 5.74) is 0. The third kappa shape index (κ3) is 57.5. The van der Waals surface area contributed by atoms with Gasteiger partial charge in [0, 0.05) is 25.8 Å². The predicted molar refractivity (Wildman–Crippen MR) is 306 cm³/mol. The van der Waals surface area contributed by atoms with Gasteiger partial charge in [0.1, 0.15) is 6.61 Å². The largest absolute Gasteiger partial charge is 0.756 e. The number of phosphoric acid groups is 1. The number of rotatable bonds is 52. The molecule has 0 aliphatic carbocycles. The Bertz CT molecular complexity index is 1570. The second-order valence-electron chi connectivity index (χ2n) is 18.7. The van der Waals surface area contributed by atoms with E-state index in [-0.39, 0.29) is 44.7 Å². The third-order valence-corrected chi connectivity index (χ3v) is 12.7. The number of esters is 2. The molecule has 11 nitrogen and oxygen atoms in total. The molecule has 0 aromatic rings. The molecule has 0 spiro atoms. The lowest BCUT2D eigenvalue weighted by Crippen LogP contribution is -2.31. The molecule has 2 atom stereocenters. The molecule has 0 saturated carbocycles. The summed E-state index contributed by atoms with van der Waals surface area (Å²) >= 11 is 0. The zero-order chi connectivity index (χ0) is 52.5. The van der Waals surface area contributed by atoms with Crippen molar-refractivity contribution in [1.82, 2.24) is 11.5 Å². The number of carbonyl (C=O) groups is 3. The van der Waals surface area contributed by atoms with Crippen LogP contribution in [0, 0.1) is 0 Å². The maximum absolute atomic E-state index is 12.8. The molecule has 0 fully saturated rings. The van der Waals surface area contributed by atoms with Gasteiger partial charge in [-0.3, -0.25) is 18.9 Å². The van der Waals surface area contributed by atoms with Crippen molar-refractivity contribution in [3.63, 3.8) is 0 Å². The van der Waals surface area contributed by atoms with Crippen LogP contribution < -0.4 is 16.4 Å². The lowest BCUT2D eigenvalue weighted by molar-refractivity contribution is -0.228. The SMILES string of the molecule is CCCCC/C=C\C/C=C\C/C=C\C/C=C\CCCC(=O)NCCOP(=O)([O-])OC[C@@H](COC(=O)CCCCCCCCCCCCCCC)OC(=O)CCC/C=C\C/C=C\C/C=C\C/C=C\CCCCC.[NH4+]. The van der Waals surface area contributed by atoms with E-state index < -0.39 is 32.5 Å². The molecule has 0 saturated heterocycles. The van der Waals surface area contributed by atoms with Crippen LogP contribution in [0.4, 0.5) is 0 Å². The van der Waals surface area contributed by atoms with Crippen molar-refractivity contribution < 1.29 is 42.4 Å². The van der Waals surface area contributed by atoms with Crippen LogP contribution in [0.1, 0.15) is 239 Å². The molecular weight excluding hydrogens is 936 g/mol. The Morgan fingerprint density at radius 3 is 1.23 bits per heavy atom. The van der Waals surface area contributed by atoms with Crippen LogP contribution in [0.3, 0.4) is 0 Å². The Balaban J connectivity index is 0. The number of quaternary nitrogens is 1. The number of unbranched alkanes of at least 4 members (excludes halogenated alkanes) is 20. The van der Waals surface area contributed by atoms with Crippen LogP contribution in [0.2, 0.25) is 0 Å². The van der Waals surface area contributed by atoms with Crippen LogP contribution in [-0.2, 0) is 37.5 Å². The first-order valence-corrected chi connectivity index (χ1v) is 30.1. The van der Waals surface area contributed by atoms with Crippen molar-refractivity contribution in [2.45, 2.75) is 245 Å². The van der Waals surface area contributed by atoms with Crippen LogP contribution in [0.25, 0.3) is 0 Å². The van der Waals surface area contributed by atoms with Gasteiger partial charge in [-0.15, -0.1) is 0 Å². The van der Waals surface area contributed by atoms with E-state index in [2.05, 4.69) is 117 Å². The summed E-state index contributed by atoms with van der Waals surface area (Å²) in [6, 6.07) is 0. The fraction of sp³-hybridized carbons (Fsp3) is 0.689. The molecule has 1 unspecified atom stereocenters. The highest BCUT2D eigenvalue weighted by atomic mass is 31.2. The van der Waals surface area contributed by atoms with E-state index in [1.54, 1.807) is 0 Å². The number of ether oxygens (including phenoxy) is 2. The monoisotopic (exact) mass is 1040 g/mol. The summed E-state index contributed by atoms with van der Waals surface area (Å²) in [6.45, 7) is 5.44. The predicted octanol–water partition coefficient (Wildman–Crippen LogP) is 17.2. The van der Waals surface area contributed by atoms with Crippen LogP contribution in [0.15, 0.2) is 97.2 Å². The lowest BCUT2D eigenvalue weighted by atomic mass is 10.0. The maximum atomic E-state index is 12.8. The summed E-state index contributed by atoms with van der Waals surface area (Å²) in [6.07, 6.45) is 67.5. The summed E-state index contributed by atoms with van der Waals surface area (Å²) in [5, 5.41) is 2.67. The van der Waals surface area contributed by atoms with E-state index in [1.807, 2.05) is 6.08 Å². The minimum absolute atomic E-state index is 0. The fourth-order valence-electron chi connectivity index (χ4n) is 7.42. The topological polar surface area (TPSA) is 177 Å². The van der Waals surface area contributed by atoms with Gasteiger partial charge < -0.3 is 34.9 Å². The molecular formula is C61H107N2O9P. The fourth-order valence-corrected chi connectivity index (χ4v) is 8.16. The number of carbonyl (C=O) groups excluding carboxylic acids is 3. The first-order chi connectivity index (χ1) is 35.2. The summed E-state index contributed by atoms with van der Waals surface area (Å²) in [4.78, 5) is 50.4. The highest BCUT2D eigenvalue weighted by molar-refractivity contribution is 7.45. The Labute approximate surface area is 446 Å². The normalized spacial score (nSPS) is 13.5. The Morgan fingerprint density at radius 1 is 0.438 bits per heavy atom. The first kappa shape index (κ1) is 71.5. The highest BCUT2D eigenvalue weighted by Crippen LogP contribution is 2.38. The van der Waals surface area contributed by atoms with Crippen molar-refractivity contribution in [3.05, 3.63) is 97.2 Å². The number of phosphoric ester groups is 1. The second kappa shape index (κ2) is 57.7. The zero-order valence-corrected chi connectivity index (χ0v) is 47.7. The standard InChI is InChI=1S/C61H104NO9P.H3N/c1-4-7-10-13-16-19-22-25-27-29-31-34-36-39-42-45-48-51-59(63)62-54-55-69-72(66,67)70-57-58(56-68-60(64)52-49-46-43-40-37-33-24-21-18-15-12-9-6-3)71-61(65)53-50-47-44-41-38-35-32-30-28-26-23-20-17-14-11-8-5-2;/h16-17,19-20,25-28,31-32,34-35,39,41-42,44,58H,4-15,18,21-24,29-30,33,36-38,40,43,45-57H2,1-3H3,(H,62,63)(H,66,67);1H3/b19-16-,20-17-,27-25-,28-26-,34-31-,35-32-,42-39-,44-41-;/t58-;/m1./s1. The molecule has 1 amide bonds. The van der Waals surface area contributed by atoms with Crippen LogP contribution in [-0.4, -0.2) is 50.3 Å². The molecule has 0 bridgehead atoms. The van der Waals surface area contributed by atoms with Gasteiger partial charge in [0.15, 0.2) is 6.10 Å². The zero-order valence-electron chi connectivity index (χ0n) is 46.8. The summed E-state index contributed by atoms with van der Waals surface area (Å²) in [7, 11) is -4.83. The second-order valence-corrected chi connectivity index (χ2v) is 20.1. The molecule has 73 heavy (non-hydrogen) atoms. The molecule has 0 aromatic heterocycles. The highest BCUT2D eigenvalue weighted by Gasteiger charge is 2.21. The molecule has 0 rings (SSSR count). The molecule has 420 valence electrons. The van der Waals surface area contributed by atoms with Crippen molar-refractivity contribution in [3.8, 4) is 0 Å². The quantitative estimate of drug-likeness (QED) is 0.0260. The lowest BCUT2D eigenvalue weighted by Gasteiger charge is -2.25. The third-order valence-electron chi connectivity index (χ3n) is 11.7. The van der Waals surface area contributed by atoms with Crippen molar-refractivity contribution >= 4 is 25.7 Å². The smallest absolute Gasteiger partial charge is 0.306 e. The number of nitrogens with one attached hydrogen (secondary N) is 1. The summed E-state index contributed by atoms with van der Waals surface area (Å²) < 4.78 is 33.6. The number of hydrogen-bond donors (Lipinski definition) is 2. The molecule has 5 N–H and O–H groups in total. The van der Waals surface area contributed by atoms with Gasteiger partial charge in [0.2, 0.25) is 5.91 Å². The van der Waals surface area contributed by atoms with E-state index in [1.165, 1.54) is 103 Å². The van der Waals surface area contributed by atoms with Crippen molar-refractivity contribution in [2.24, 2.45) is 0 Å². The van der Waals surface area contributed by atoms with Gasteiger partial charge in [-0.25, -0.2) is 0 Å². The van der Waals surface area contributed by atoms with E-state index in [9.17, 15) is 23.8 Å². The molecule has 0 aliphatic heterocycles. The minimum Gasteiger partial charge on any atom is -0.756 e. The average molecular weight is 1040 g/mol. The van der Waals surface area contributed by atoms with Gasteiger partial charge >= 0.3 is 11.9 Å². The molecule has 0 aliphatic rings. The van der Waals surface area contributed by atoms with Crippen LogP contribution in [0.5, 0.6) is 0 Å². The van der Waals surface area contributed by atoms with E-state index in [0.717, 1.165) is 70.6 Å². The van der Waals surface area contributed by atoms with Crippen molar-refractivity contribution in [2.75, 3.05) is 26.4 Å². The molecule has 0 aromatic carbocycles. The van der Waals surface area contributed by atoms with Gasteiger partial charge in [-0.05, 0) is 96.3 Å². The molecule has 0 radical (unpaired) electrons. The Morgan fingerprint density at radius 2 is 0.795 bits per heavy atom. The van der Waals surface area contributed by atoms with E-state index >= 15 is 0 Å². The minimum atomic E-state index is -4.83. The van der Waals surface area contributed by atoms with E-state index in [0.29, 0.717) is 32.1 Å². The van der Waals surface area contributed by atoms with Gasteiger partial charge in [0.05, 0.1) is 13.2 Å². The average Bonchev–Trinajstić information content (AvgIpc) is 3.37.